The fraction of sp³-hybridized carbons (Fsp3) is 0.231. The zero-order valence-electron chi connectivity index (χ0n) is 10.6. The van der Waals surface area contributed by atoms with E-state index in [0.717, 1.165) is 0 Å². The molecule has 7 heteroatoms. The van der Waals surface area contributed by atoms with Crippen molar-refractivity contribution in [1.29, 1.82) is 0 Å². The molecule has 0 spiro atoms. The van der Waals surface area contributed by atoms with E-state index in [4.69, 9.17) is 16.1 Å². The molecule has 2 aromatic heterocycles. The van der Waals surface area contributed by atoms with Gasteiger partial charge in [-0.25, -0.2) is 0 Å². The third-order valence-electron chi connectivity index (χ3n) is 2.39. The largest absolute Gasteiger partial charge is 0.480 e. The quantitative estimate of drug-likeness (QED) is 0.772. The van der Waals surface area contributed by atoms with Crippen LogP contribution >= 0.6 is 0 Å². The van der Waals surface area contributed by atoms with Crippen LogP contribution in [0.25, 0.3) is 11.5 Å². The van der Waals surface area contributed by atoms with E-state index in [1.807, 2.05) is 6.07 Å². The minimum absolute atomic E-state index is 0.177. The maximum absolute atomic E-state index is 10.7. The number of aliphatic carboxylic acids is 1. The van der Waals surface area contributed by atoms with Crippen molar-refractivity contribution >= 4 is 5.97 Å². The fourth-order valence-corrected chi connectivity index (χ4v) is 1.60. The van der Waals surface area contributed by atoms with Crippen molar-refractivity contribution in [3.8, 4) is 23.9 Å². The van der Waals surface area contributed by atoms with Crippen LogP contribution in [-0.4, -0.2) is 44.2 Å². The van der Waals surface area contributed by atoms with Crippen molar-refractivity contribution in [2.75, 3.05) is 13.1 Å². The lowest BCUT2D eigenvalue weighted by Crippen LogP contribution is -2.29. The average molecular weight is 272 g/mol. The zero-order chi connectivity index (χ0) is 14.4. The Bertz CT molecular complexity index is 618. The van der Waals surface area contributed by atoms with Gasteiger partial charge in [0, 0.05) is 6.20 Å². The van der Waals surface area contributed by atoms with Crippen LogP contribution in [0.1, 0.15) is 5.89 Å². The van der Waals surface area contributed by atoms with Gasteiger partial charge in [-0.3, -0.25) is 14.7 Å². The van der Waals surface area contributed by atoms with Crippen molar-refractivity contribution < 1.29 is 14.4 Å². The summed E-state index contributed by atoms with van der Waals surface area (Å²) in [5.41, 5.74) is 0.587. The predicted molar refractivity (Wildman–Crippen MR) is 69.3 cm³/mol. The van der Waals surface area contributed by atoms with Gasteiger partial charge < -0.3 is 9.63 Å². The minimum Gasteiger partial charge on any atom is -0.480 e. The van der Waals surface area contributed by atoms with Gasteiger partial charge >= 0.3 is 5.97 Å². The first-order valence-electron chi connectivity index (χ1n) is 5.80. The van der Waals surface area contributed by atoms with Crippen molar-refractivity contribution in [3.63, 3.8) is 0 Å². The van der Waals surface area contributed by atoms with Gasteiger partial charge in [-0.05, 0) is 12.1 Å². The first-order chi connectivity index (χ1) is 9.69. The molecule has 0 atom stereocenters. The van der Waals surface area contributed by atoms with E-state index in [2.05, 4.69) is 21.0 Å². The lowest BCUT2D eigenvalue weighted by Gasteiger charge is -2.13. The van der Waals surface area contributed by atoms with Crippen LogP contribution in [0.5, 0.6) is 0 Å². The molecule has 0 radical (unpaired) electrons. The first kappa shape index (κ1) is 13.7. The number of carboxylic acids is 1. The number of aromatic nitrogens is 3. The van der Waals surface area contributed by atoms with Crippen LogP contribution in [0.2, 0.25) is 0 Å². The summed E-state index contributed by atoms with van der Waals surface area (Å²) in [6.45, 7) is 0.176. The van der Waals surface area contributed by atoms with Crippen molar-refractivity contribution in [3.05, 3.63) is 30.3 Å². The second-order valence-electron chi connectivity index (χ2n) is 3.97. The van der Waals surface area contributed by atoms with Gasteiger partial charge in [-0.15, -0.1) is 6.42 Å². The highest BCUT2D eigenvalue weighted by Gasteiger charge is 2.15. The summed E-state index contributed by atoms with van der Waals surface area (Å²) >= 11 is 0. The summed E-state index contributed by atoms with van der Waals surface area (Å²) in [6.07, 6.45) is 6.82. The molecule has 0 amide bonds. The van der Waals surface area contributed by atoms with Gasteiger partial charge in [0.2, 0.25) is 11.7 Å². The third kappa shape index (κ3) is 3.63. The lowest BCUT2D eigenvalue weighted by atomic mass is 10.3. The number of hydrogen-bond donors (Lipinski definition) is 1. The van der Waals surface area contributed by atoms with E-state index < -0.39 is 5.97 Å². The zero-order valence-corrected chi connectivity index (χ0v) is 10.6. The third-order valence-corrected chi connectivity index (χ3v) is 2.39. The molecule has 2 heterocycles. The molecule has 2 rings (SSSR count). The molecule has 0 bridgehead atoms. The Morgan fingerprint density at radius 3 is 3.00 bits per heavy atom. The molecule has 0 fully saturated rings. The van der Waals surface area contributed by atoms with Crippen molar-refractivity contribution in [2.24, 2.45) is 0 Å². The summed E-state index contributed by atoms with van der Waals surface area (Å²) in [7, 11) is 0. The van der Waals surface area contributed by atoms with Gasteiger partial charge in [-0.1, -0.05) is 17.1 Å². The number of terminal acetylenes is 1. The maximum Gasteiger partial charge on any atom is 0.317 e. The second kappa shape index (κ2) is 6.45. The Balaban J connectivity index is 2.08. The highest BCUT2D eigenvalue weighted by Crippen LogP contribution is 2.12. The Labute approximate surface area is 115 Å². The first-order valence-corrected chi connectivity index (χ1v) is 5.80. The normalized spacial score (nSPS) is 10.4. The molecule has 0 aliphatic heterocycles. The van der Waals surface area contributed by atoms with Crippen LogP contribution in [0.15, 0.2) is 28.9 Å². The summed E-state index contributed by atoms with van der Waals surface area (Å²) in [5, 5.41) is 12.6. The number of carboxylic acid groups (broad SMARTS) is 1. The number of carbonyl (C=O) groups is 1. The van der Waals surface area contributed by atoms with Gasteiger partial charge in [0.05, 0.1) is 19.6 Å². The van der Waals surface area contributed by atoms with E-state index in [1.165, 1.54) is 4.90 Å². The second-order valence-corrected chi connectivity index (χ2v) is 3.97. The highest BCUT2D eigenvalue weighted by molar-refractivity contribution is 5.69. The molecular formula is C13H12N4O3. The standard InChI is InChI=1S/C13H12N4O3/c1-2-7-17(9-12(18)19)8-11-15-13(16-20-11)10-5-3-4-6-14-10/h1,3-6H,7-9H2,(H,18,19). The topological polar surface area (TPSA) is 92.4 Å². The summed E-state index contributed by atoms with van der Waals surface area (Å²) in [6, 6.07) is 5.35. The van der Waals surface area contributed by atoms with Crippen LogP contribution in [0.3, 0.4) is 0 Å². The Hall–Kier alpha value is -2.72. The van der Waals surface area contributed by atoms with Gasteiger partial charge in [0.1, 0.15) is 5.69 Å². The van der Waals surface area contributed by atoms with E-state index in [-0.39, 0.29) is 19.6 Å². The Morgan fingerprint density at radius 2 is 2.35 bits per heavy atom. The molecule has 7 nitrogen and oxygen atoms in total. The fourth-order valence-electron chi connectivity index (χ4n) is 1.60. The van der Waals surface area contributed by atoms with Crippen LogP contribution in [-0.2, 0) is 11.3 Å². The van der Waals surface area contributed by atoms with Gasteiger partial charge in [0.15, 0.2) is 0 Å². The molecule has 1 N–H and O–H groups in total. The molecule has 0 aliphatic carbocycles. The summed E-state index contributed by atoms with van der Waals surface area (Å²) in [4.78, 5) is 20.5. The van der Waals surface area contributed by atoms with E-state index in [1.54, 1.807) is 18.3 Å². The van der Waals surface area contributed by atoms with Crippen LogP contribution < -0.4 is 0 Å². The van der Waals surface area contributed by atoms with E-state index in [9.17, 15) is 4.79 Å². The smallest absolute Gasteiger partial charge is 0.317 e. The number of hydrogen-bond acceptors (Lipinski definition) is 6. The molecule has 0 aliphatic rings. The molecule has 0 unspecified atom stereocenters. The van der Waals surface area contributed by atoms with E-state index >= 15 is 0 Å². The van der Waals surface area contributed by atoms with Gasteiger partial charge in [0.25, 0.3) is 0 Å². The van der Waals surface area contributed by atoms with E-state index in [0.29, 0.717) is 17.4 Å². The lowest BCUT2D eigenvalue weighted by molar-refractivity contribution is -0.138. The van der Waals surface area contributed by atoms with Gasteiger partial charge in [-0.2, -0.15) is 4.98 Å². The molecule has 2 aromatic rings. The maximum atomic E-state index is 10.7. The van der Waals surface area contributed by atoms with Crippen LogP contribution in [0.4, 0.5) is 0 Å². The molecular weight excluding hydrogens is 260 g/mol. The SMILES string of the molecule is C#CCN(CC(=O)O)Cc1nc(-c2ccccn2)no1. The predicted octanol–water partition coefficient (Wildman–Crippen LogP) is 0.651. The monoisotopic (exact) mass is 272 g/mol. The summed E-state index contributed by atoms with van der Waals surface area (Å²) < 4.78 is 5.07. The van der Waals surface area contributed by atoms with Crippen molar-refractivity contribution in [2.45, 2.75) is 6.54 Å². The Kier molecular flexibility index (Phi) is 4.42. The minimum atomic E-state index is -0.968. The summed E-state index contributed by atoms with van der Waals surface area (Å²) in [5.74, 6) is 2.08. The number of nitrogens with zero attached hydrogens (tertiary/aromatic N) is 4. The Morgan fingerprint density at radius 1 is 1.50 bits per heavy atom. The highest BCUT2D eigenvalue weighted by atomic mass is 16.5. The molecule has 102 valence electrons. The molecule has 0 aromatic carbocycles. The molecule has 0 saturated carbocycles. The number of pyridine rings is 1. The molecule has 0 saturated heterocycles. The average Bonchev–Trinajstić information content (AvgIpc) is 2.88. The molecule has 20 heavy (non-hydrogen) atoms. The van der Waals surface area contributed by atoms with Crippen molar-refractivity contribution in [1.82, 2.24) is 20.0 Å². The van der Waals surface area contributed by atoms with Crippen LogP contribution in [0, 0.1) is 12.3 Å². The number of rotatable bonds is 6.